The number of amides is 1. The standard InChI is InChI=1S/C20H24N4O/c25-20(19-17(9-11-22-19)16-6-2-1-3-7-16)24-14-12-23(13-15-24)18-8-4-5-10-21-18/h1-8,10,17,19,22H,9,11-15H2/t17-,19?/m1/s1. The van der Waals surface area contributed by atoms with Crippen LogP contribution in [0.1, 0.15) is 17.9 Å². The summed E-state index contributed by atoms with van der Waals surface area (Å²) in [5.74, 6) is 1.52. The lowest BCUT2D eigenvalue weighted by molar-refractivity contribution is -0.133. The molecule has 5 nitrogen and oxygen atoms in total. The molecule has 2 aromatic rings. The topological polar surface area (TPSA) is 48.5 Å². The quantitative estimate of drug-likeness (QED) is 0.930. The zero-order valence-electron chi connectivity index (χ0n) is 14.3. The van der Waals surface area contributed by atoms with Crippen molar-refractivity contribution in [3.63, 3.8) is 0 Å². The Kier molecular flexibility index (Phi) is 4.65. The first-order valence-electron chi connectivity index (χ1n) is 9.06. The molecule has 25 heavy (non-hydrogen) atoms. The summed E-state index contributed by atoms with van der Waals surface area (Å²) < 4.78 is 0. The number of rotatable bonds is 3. The Balaban J connectivity index is 1.40. The molecule has 2 fully saturated rings. The normalized spacial score (nSPS) is 23.7. The van der Waals surface area contributed by atoms with Gasteiger partial charge in [0.15, 0.2) is 0 Å². The molecular formula is C20H24N4O. The highest BCUT2D eigenvalue weighted by atomic mass is 16.2. The van der Waals surface area contributed by atoms with E-state index in [2.05, 4.69) is 39.5 Å². The highest BCUT2D eigenvalue weighted by Crippen LogP contribution is 2.29. The molecule has 1 amide bonds. The van der Waals surface area contributed by atoms with Gasteiger partial charge in [0.2, 0.25) is 5.91 Å². The monoisotopic (exact) mass is 336 g/mol. The molecule has 0 saturated carbocycles. The minimum Gasteiger partial charge on any atom is -0.353 e. The predicted molar refractivity (Wildman–Crippen MR) is 98.6 cm³/mol. The third-order valence-electron chi connectivity index (χ3n) is 5.28. The minimum atomic E-state index is -0.0937. The Bertz CT molecular complexity index is 698. The number of aromatic nitrogens is 1. The van der Waals surface area contributed by atoms with Crippen molar-refractivity contribution in [1.82, 2.24) is 15.2 Å². The second kappa shape index (κ2) is 7.23. The summed E-state index contributed by atoms with van der Waals surface area (Å²) in [5, 5.41) is 3.43. The number of nitrogens with zero attached hydrogens (tertiary/aromatic N) is 3. The summed E-state index contributed by atoms with van der Waals surface area (Å²) in [6.45, 7) is 4.10. The second-order valence-corrected chi connectivity index (χ2v) is 6.74. The van der Waals surface area contributed by atoms with Gasteiger partial charge in [0.05, 0.1) is 6.04 Å². The maximum absolute atomic E-state index is 13.1. The fourth-order valence-electron chi connectivity index (χ4n) is 3.92. The minimum absolute atomic E-state index is 0.0937. The molecule has 130 valence electrons. The van der Waals surface area contributed by atoms with Crippen LogP contribution in [-0.4, -0.2) is 54.6 Å². The van der Waals surface area contributed by atoms with Crippen LogP contribution in [0.15, 0.2) is 54.7 Å². The molecule has 1 unspecified atom stereocenters. The summed E-state index contributed by atoms with van der Waals surface area (Å²) in [4.78, 5) is 21.7. The van der Waals surface area contributed by atoms with Crippen LogP contribution in [0.25, 0.3) is 0 Å². The van der Waals surface area contributed by atoms with E-state index in [1.165, 1.54) is 5.56 Å². The number of carbonyl (C=O) groups excluding carboxylic acids is 1. The third kappa shape index (κ3) is 3.37. The summed E-state index contributed by atoms with van der Waals surface area (Å²) in [6, 6.07) is 16.3. The van der Waals surface area contributed by atoms with Crippen LogP contribution in [0.3, 0.4) is 0 Å². The molecule has 5 heteroatoms. The molecular weight excluding hydrogens is 312 g/mol. The first-order valence-corrected chi connectivity index (χ1v) is 9.06. The first kappa shape index (κ1) is 16.1. The Labute approximate surface area is 148 Å². The maximum atomic E-state index is 13.1. The van der Waals surface area contributed by atoms with Crippen molar-refractivity contribution in [2.24, 2.45) is 0 Å². The van der Waals surface area contributed by atoms with Crippen LogP contribution in [-0.2, 0) is 4.79 Å². The number of benzene rings is 1. The van der Waals surface area contributed by atoms with E-state index in [4.69, 9.17) is 0 Å². The van der Waals surface area contributed by atoms with Crippen molar-refractivity contribution < 1.29 is 4.79 Å². The number of nitrogens with one attached hydrogen (secondary N) is 1. The average Bonchev–Trinajstić information content (AvgIpc) is 3.19. The summed E-state index contributed by atoms with van der Waals surface area (Å²) >= 11 is 0. The molecule has 4 rings (SSSR count). The van der Waals surface area contributed by atoms with E-state index in [0.29, 0.717) is 0 Å². The predicted octanol–water partition coefficient (Wildman–Crippen LogP) is 1.88. The average molecular weight is 336 g/mol. The molecule has 2 aliphatic heterocycles. The van der Waals surface area contributed by atoms with Gasteiger partial charge >= 0.3 is 0 Å². The van der Waals surface area contributed by atoms with Crippen molar-refractivity contribution in [3.05, 3.63) is 60.3 Å². The van der Waals surface area contributed by atoms with E-state index < -0.39 is 0 Å². The van der Waals surface area contributed by atoms with Gasteiger partial charge < -0.3 is 15.1 Å². The zero-order valence-corrected chi connectivity index (χ0v) is 14.3. The molecule has 0 spiro atoms. The maximum Gasteiger partial charge on any atom is 0.240 e. The van der Waals surface area contributed by atoms with Gasteiger partial charge in [0.1, 0.15) is 5.82 Å². The summed E-state index contributed by atoms with van der Waals surface area (Å²) in [7, 11) is 0. The molecule has 2 atom stereocenters. The summed E-state index contributed by atoms with van der Waals surface area (Å²) in [6.07, 6.45) is 2.84. The molecule has 2 saturated heterocycles. The fourth-order valence-corrected chi connectivity index (χ4v) is 3.92. The van der Waals surface area contributed by atoms with Gasteiger partial charge in [-0.15, -0.1) is 0 Å². The van der Waals surface area contributed by atoms with Crippen molar-refractivity contribution in [2.45, 2.75) is 18.4 Å². The molecule has 0 aliphatic carbocycles. The molecule has 1 N–H and O–H groups in total. The Morgan fingerprint density at radius 1 is 1.00 bits per heavy atom. The van der Waals surface area contributed by atoms with Crippen LogP contribution in [0, 0.1) is 0 Å². The lowest BCUT2D eigenvalue weighted by atomic mass is 9.91. The Hall–Kier alpha value is -2.40. The van der Waals surface area contributed by atoms with Gasteiger partial charge in [-0.1, -0.05) is 36.4 Å². The van der Waals surface area contributed by atoms with E-state index in [1.807, 2.05) is 35.4 Å². The van der Waals surface area contributed by atoms with Crippen molar-refractivity contribution in [1.29, 1.82) is 0 Å². The molecule has 1 aromatic heterocycles. The number of anilines is 1. The molecule has 0 radical (unpaired) electrons. The fraction of sp³-hybridized carbons (Fsp3) is 0.400. The van der Waals surface area contributed by atoms with Crippen LogP contribution < -0.4 is 10.2 Å². The van der Waals surface area contributed by atoms with Crippen LogP contribution in [0.2, 0.25) is 0 Å². The van der Waals surface area contributed by atoms with Crippen LogP contribution in [0.5, 0.6) is 0 Å². The number of carbonyl (C=O) groups is 1. The van der Waals surface area contributed by atoms with Crippen molar-refractivity contribution in [3.8, 4) is 0 Å². The zero-order chi connectivity index (χ0) is 17.1. The Morgan fingerprint density at radius 3 is 2.48 bits per heavy atom. The second-order valence-electron chi connectivity index (χ2n) is 6.74. The van der Waals surface area contributed by atoms with Gasteiger partial charge in [0.25, 0.3) is 0 Å². The number of hydrogen-bond acceptors (Lipinski definition) is 4. The van der Waals surface area contributed by atoms with Gasteiger partial charge in [0, 0.05) is 38.3 Å². The first-order chi connectivity index (χ1) is 12.3. The molecule has 3 heterocycles. The van der Waals surface area contributed by atoms with Crippen molar-refractivity contribution >= 4 is 11.7 Å². The lowest BCUT2D eigenvalue weighted by Gasteiger charge is -2.37. The number of piperazine rings is 1. The van der Waals surface area contributed by atoms with E-state index in [1.54, 1.807) is 0 Å². The van der Waals surface area contributed by atoms with E-state index in [0.717, 1.165) is 45.0 Å². The lowest BCUT2D eigenvalue weighted by Crippen LogP contribution is -2.54. The molecule has 0 bridgehead atoms. The molecule has 2 aliphatic rings. The smallest absolute Gasteiger partial charge is 0.240 e. The van der Waals surface area contributed by atoms with Crippen LogP contribution >= 0.6 is 0 Å². The number of hydrogen-bond donors (Lipinski definition) is 1. The largest absolute Gasteiger partial charge is 0.353 e. The van der Waals surface area contributed by atoms with Gasteiger partial charge in [-0.05, 0) is 30.7 Å². The van der Waals surface area contributed by atoms with Gasteiger partial charge in [-0.25, -0.2) is 4.98 Å². The highest BCUT2D eigenvalue weighted by Gasteiger charge is 2.37. The van der Waals surface area contributed by atoms with Gasteiger partial charge in [-0.3, -0.25) is 4.79 Å². The van der Waals surface area contributed by atoms with Gasteiger partial charge in [-0.2, -0.15) is 0 Å². The van der Waals surface area contributed by atoms with Crippen LogP contribution in [0.4, 0.5) is 5.82 Å². The van der Waals surface area contributed by atoms with Crippen molar-refractivity contribution in [2.75, 3.05) is 37.6 Å². The molecule has 1 aromatic carbocycles. The SMILES string of the molecule is O=C(C1NCC[C@@H]1c1ccccc1)N1CCN(c2ccccn2)CC1. The van der Waals surface area contributed by atoms with E-state index >= 15 is 0 Å². The Morgan fingerprint density at radius 2 is 1.76 bits per heavy atom. The van der Waals surface area contributed by atoms with E-state index in [9.17, 15) is 4.79 Å². The highest BCUT2D eigenvalue weighted by molar-refractivity contribution is 5.83. The third-order valence-corrected chi connectivity index (χ3v) is 5.28. The van der Waals surface area contributed by atoms with E-state index in [-0.39, 0.29) is 17.9 Å². The summed E-state index contributed by atoms with van der Waals surface area (Å²) in [5.41, 5.74) is 1.26. The number of pyridine rings is 1.